The molecule has 1 N–H and O–H groups in total. The molecule has 0 unspecified atom stereocenters. The zero-order valence-corrected chi connectivity index (χ0v) is 9.51. The van der Waals surface area contributed by atoms with Gasteiger partial charge >= 0.3 is 0 Å². The third kappa shape index (κ3) is 2.58. The van der Waals surface area contributed by atoms with Gasteiger partial charge in [-0.2, -0.15) is 5.26 Å². The summed E-state index contributed by atoms with van der Waals surface area (Å²) in [5.74, 6) is 0.826. The largest absolute Gasteiger partial charge is 0.370 e. The summed E-state index contributed by atoms with van der Waals surface area (Å²) in [5.41, 5.74) is 2.20. The van der Waals surface area contributed by atoms with Gasteiger partial charge in [0, 0.05) is 24.5 Å². The van der Waals surface area contributed by atoms with Crippen LogP contribution in [0.15, 0.2) is 36.7 Å². The molecule has 0 fully saturated rings. The Morgan fingerprint density at radius 1 is 1.35 bits per heavy atom. The lowest BCUT2D eigenvalue weighted by molar-refractivity contribution is 1.16. The van der Waals surface area contributed by atoms with Crippen LogP contribution in [0.2, 0.25) is 0 Å². The van der Waals surface area contributed by atoms with E-state index in [0.717, 1.165) is 23.6 Å². The van der Waals surface area contributed by atoms with E-state index in [2.05, 4.69) is 21.4 Å². The van der Waals surface area contributed by atoms with E-state index in [9.17, 15) is 0 Å². The Hall–Kier alpha value is -2.41. The second-order valence-electron chi connectivity index (χ2n) is 3.51. The maximum absolute atomic E-state index is 8.83. The van der Waals surface area contributed by atoms with E-state index in [4.69, 9.17) is 5.26 Å². The van der Waals surface area contributed by atoms with Crippen LogP contribution in [0.25, 0.3) is 11.3 Å². The number of pyridine rings is 2. The van der Waals surface area contributed by atoms with Crippen molar-refractivity contribution in [1.82, 2.24) is 9.97 Å². The van der Waals surface area contributed by atoms with E-state index in [1.807, 2.05) is 25.1 Å². The van der Waals surface area contributed by atoms with Crippen LogP contribution in [0.3, 0.4) is 0 Å². The molecule has 17 heavy (non-hydrogen) atoms. The fourth-order valence-corrected chi connectivity index (χ4v) is 1.52. The number of hydrogen-bond acceptors (Lipinski definition) is 4. The number of hydrogen-bond donors (Lipinski definition) is 1. The molecule has 0 spiro atoms. The summed E-state index contributed by atoms with van der Waals surface area (Å²) in [4.78, 5) is 8.47. The molecule has 0 aliphatic rings. The Labute approximate surface area is 100.0 Å². The minimum Gasteiger partial charge on any atom is -0.370 e. The topological polar surface area (TPSA) is 61.6 Å². The Kier molecular flexibility index (Phi) is 3.31. The van der Waals surface area contributed by atoms with Gasteiger partial charge in [0.05, 0.1) is 11.3 Å². The highest BCUT2D eigenvalue weighted by atomic mass is 15.0. The summed E-state index contributed by atoms with van der Waals surface area (Å²) in [6, 6.07) is 9.60. The zero-order chi connectivity index (χ0) is 12.1. The maximum atomic E-state index is 8.83. The van der Waals surface area contributed by atoms with Crippen molar-refractivity contribution in [3.8, 4) is 17.3 Å². The first-order chi connectivity index (χ1) is 8.33. The molecule has 84 valence electrons. The highest BCUT2D eigenvalue weighted by Crippen LogP contribution is 2.18. The predicted molar refractivity (Wildman–Crippen MR) is 66.3 cm³/mol. The average molecular weight is 224 g/mol. The monoisotopic (exact) mass is 224 g/mol. The van der Waals surface area contributed by atoms with Crippen molar-refractivity contribution in [2.24, 2.45) is 0 Å². The average Bonchev–Trinajstić information content (AvgIpc) is 2.40. The van der Waals surface area contributed by atoms with E-state index in [1.165, 1.54) is 6.20 Å². The minimum absolute atomic E-state index is 0.540. The number of nitrogens with zero attached hydrogens (tertiary/aromatic N) is 3. The first-order valence-corrected chi connectivity index (χ1v) is 5.40. The van der Waals surface area contributed by atoms with Gasteiger partial charge in [-0.1, -0.05) is 6.07 Å². The zero-order valence-electron chi connectivity index (χ0n) is 9.51. The van der Waals surface area contributed by atoms with E-state index in [1.54, 1.807) is 12.3 Å². The van der Waals surface area contributed by atoms with Gasteiger partial charge in [0.25, 0.3) is 0 Å². The highest BCUT2D eigenvalue weighted by Gasteiger charge is 2.02. The molecule has 0 aromatic carbocycles. The van der Waals surface area contributed by atoms with Crippen LogP contribution in [0, 0.1) is 11.3 Å². The van der Waals surface area contributed by atoms with Crippen LogP contribution in [0.4, 0.5) is 5.82 Å². The molecule has 0 amide bonds. The Morgan fingerprint density at radius 3 is 3.00 bits per heavy atom. The number of anilines is 1. The van der Waals surface area contributed by atoms with E-state index < -0.39 is 0 Å². The normalized spacial score (nSPS) is 9.65. The SMILES string of the molecule is CCNc1cccc(-c2cncc(C#N)c2)n1. The van der Waals surface area contributed by atoms with Gasteiger partial charge in [-0.15, -0.1) is 0 Å². The molecule has 0 aliphatic heterocycles. The molecule has 0 aliphatic carbocycles. The molecule has 2 heterocycles. The molecule has 4 nitrogen and oxygen atoms in total. The lowest BCUT2D eigenvalue weighted by Gasteiger charge is -2.05. The van der Waals surface area contributed by atoms with Crippen LogP contribution in [-0.4, -0.2) is 16.5 Å². The maximum Gasteiger partial charge on any atom is 0.126 e. The van der Waals surface area contributed by atoms with Crippen molar-refractivity contribution in [3.63, 3.8) is 0 Å². The fourth-order valence-electron chi connectivity index (χ4n) is 1.52. The number of nitrogens with one attached hydrogen (secondary N) is 1. The van der Waals surface area contributed by atoms with Gasteiger partial charge in [0.15, 0.2) is 0 Å². The molecule has 2 rings (SSSR count). The van der Waals surface area contributed by atoms with Gasteiger partial charge < -0.3 is 5.32 Å². The predicted octanol–water partition coefficient (Wildman–Crippen LogP) is 2.45. The first kappa shape index (κ1) is 11.1. The molecule has 2 aromatic rings. The van der Waals surface area contributed by atoms with Crippen molar-refractivity contribution >= 4 is 5.82 Å². The molecule has 0 atom stereocenters. The Morgan fingerprint density at radius 2 is 2.24 bits per heavy atom. The molecule has 2 aromatic heterocycles. The molecule has 0 saturated heterocycles. The lowest BCUT2D eigenvalue weighted by atomic mass is 10.1. The van der Waals surface area contributed by atoms with E-state index >= 15 is 0 Å². The van der Waals surface area contributed by atoms with Crippen molar-refractivity contribution in [2.75, 3.05) is 11.9 Å². The summed E-state index contributed by atoms with van der Waals surface area (Å²) in [5, 5.41) is 12.0. The van der Waals surface area contributed by atoms with Crippen LogP contribution in [0.5, 0.6) is 0 Å². The Balaban J connectivity index is 2.39. The molecular weight excluding hydrogens is 212 g/mol. The second-order valence-corrected chi connectivity index (χ2v) is 3.51. The van der Waals surface area contributed by atoms with Gasteiger partial charge in [0.1, 0.15) is 11.9 Å². The molecule has 0 radical (unpaired) electrons. The Bertz CT molecular complexity index is 557. The van der Waals surface area contributed by atoms with Gasteiger partial charge in [-0.25, -0.2) is 4.98 Å². The van der Waals surface area contributed by atoms with E-state index in [0.29, 0.717) is 5.56 Å². The van der Waals surface area contributed by atoms with Crippen LogP contribution in [0.1, 0.15) is 12.5 Å². The minimum atomic E-state index is 0.540. The van der Waals surface area contributed by atoms with Crippen LogP contribution < -0.4 is 5.32 Å². The lowest BCUT2D eigenvalue weighted by Crippen LogP contribution is -1.99. The quantitative estimate of drug-likeness (QED) is 0.869. The summed E-state index contributed by atoms with van der Waals surface area (Å²) >= 11 is 0. The van der Waals surface area contributed by atoms with Crippen molar-refractivity contribution < 1.29 is 0 Å². The van der Waals surface area contributed by atoms with Crippen molar-refractivity contribution in [1.29, 1.82) is 5.26 Å². The van der Waals surface area contributed by atoms with Crippen LogP contribution >= 0.6 is 0 Å². The number of nitriles is 1. The summed E-state index contributed by atoms with van der Waals surface area (Å²) in [7, 11) is 0. The fraction of sp³-hybridized carbons (Fsp3) is 0.154. The van der Waals surface area contributed by atoms with Gasteiger partial charge in [-0.3, -0.25) is 4.98 Å². The smallest absolute Gasteiger partial charge is 0.126 e. The van der Waals surface area contributed by atoms with Crippen molar-refractivity contribution in [3.05, 3.63) is 42.2 Å². The summed E-state index contributed by atoms with van der Waals surface area (Å²) < 4.78 is 0. The molecule has 0 bridgehead atoms. The molecular formula is C13H12N4. The molecule has 4 heteroatoms. The summed E-state index contributed by atoms with van der Waals surface area (Å²) in [6.45, 7) is 2.85. The van der Waals surface area contributed by atoms with Gasteiger partial charge in [0.2, 0.25) is 0 Å². The van der Waals surface area contributed by atoms with Gasteiger partial charge in [-0.05, 0) is 25.1 Å². The van der Waals surface area contributed by atoms with Crippen molar-refractivity contribution in [2.45, 2.75) is 6.92 Å². The van der Waals surface area contributed by atoms with Crippen LogP contribution in [-0.2, 0) is 0 Å². The second kappa shape index (κ2) is 5.08. The standard InChI is InChI=1S/C13H12N4/c1-2-16-13-5-3-4-12(17-13)11-6-10(7-14)8-15-9-11/h3-6,8-9H,2H2,1H3,(H,16,17). The third-order valence-corrected chi connectivity index (χ3v) is 2.27. The highest BCUT2D eigenvalue weighted by molar-refractivity contribution is 5.61. The van der Waals surface area contributed by atoms with E-state index in [-0.39, 0.29) is 0 Å². The third-order valence-electron chi connectivity index (χ3n) is 2.27. The number of rotatable bonds is 3. The molecule has 0 saturated carbocycles. The first-order valence-electron chi connectivity index (χ1n) is 5.40. The number of aromatic nitrogens is 2. The summed E-state index contributed by atoms with van der Waals surface area (Å²) in [6.07, 6.45) is 3.25.